The third-order valence-electron chi connectivity index (χ3n) is 2.46. The van der Waals surface area contributed by atoms with Gasteiger partial charge >= 0.3 is 0 Å². The maximum absolute atomic E-state index is 6.05. The number of halogens is 1. The smallest absolute Gasteiger partial charge is 0.258 e. The lowest BCUT2D eigenvalue weighted by Gasteiger charge is -2.06. The molecule has 2 aromatic carbocycles. The molecular formula is C14H9ClN2O. The topological polar surface area (TPSA) is 35.0 Å². The van der Waals surface area contributed by atoms with Crippen LogP contribution in [0.1, 0.15) is 0 Å². The molecule has 0 N–H and O–H groups in total. The number of aromatic nitrogens is 2. The van der Waals surface area contributed by atoms with Crippen molar-refractivity contribution >= 4 is 22.6 Å². The number of rotatable bonds is 2. The van der Waals surface area contributed by atoms with Gasteiger partial charge in [-0.3, -0.25) is 0 Å². The second kappa shape index (κ2) is 4.63. The highest BCUT2D eigenvalue weighted by Gasteiger charge is 2.08. The van der Waals surface area contributed by atoms with Gasteiger partial charge in [0.15, 0.2) is 5.15 Å². The van der Waals surface area contributed by atoms with E-state index in [1.807, 2.05) is 54.6 Å². The molecule has 0 radical (unpaired) electrons. The third kappa shape index (κ3) is 2.13. The molecule has 3 rings (SSSR count). The second-order valence-corrected chi connectivity index (χ2v) is 4.08. The molecule has 0 atom stereocenters. The van der Waals surface area contributed by atoms with Crippen LogP contribution in [0.15, 0.2) is 54.6 Å². The van der Waals surface area contributed by atoms with E-state index < -0.39 is 0 Å². The van der Waals surface area contributed by atoms with E-state index in [0.29, 0.717) is 11.6 Å². The van der Waals surface area contributed by atoms with Gasteiger partial charge in [0.05, 0.1) is 11.0 Å². The summed E-state index contributed by atoms with van der Waals surface area (Å²) in [6.07, 6.45) is 0. The Kier molecular flexibility index (Phi) is 2.82. The molecule has 0 aliphatic carbocycles. The Morgan fingerprint density at radius 2 is 1.39 bits per heavy atom. The van der Waals surface area contributed by atoms with E-state index in [9.17, 15) is 0 Å². The Morgan fingerprint density at radius 3 is 2.11 bits per heavy atom. The van der Waals surface area contributed by atoms with Gasteiger partial charge in [0, 0.05) is 0 Å². The van der Waals surface area contributed by atoms with Gasteiger partial charge in [-0.15, -0.1) is 0 Å². The zero-order valence-electron chi connectivity index (χ0n) is 9.38. The van der Waals surface area contributed by atoms with E-state index in [-0.39, 0.29) is 5.15 Å². The Bertz CT molecular complexity index is 686. The number of nitrogens with zero attached hydrogens (tertiary/aromatic N) is 2. The van der Waals surface area contributed by atoms with Crippen LogP contribution in [0.3, 0.4) is 0 Å². The van der Waals surface area contributed by atoms with Crippen LogP contribution in [0.5, 0.6) is 11.6 Å². The van der Waals surface area contributed by atoms with E-state index in [4.69, 9.17) is 16.3 Å². The summed E-state index contributed by atoms with van der Waals surface area (Å²) in [5.74, 6) is 1.01. The second-order valence-electron chi connectivity index (χ2n) is 3.72. The average molecular weight is 257 g/mol. The maximum Gasteiger partial charge on any atom is 0.258 e. The van der Waals surface area contributed by atoms with E-state index in [2.05, 4.69) is 9.97 Å². The van der Waals surface area contributed by atoms with E-state index >= 15 is 0 Å². The molecule has 3 nitrogen and oxygen atoms in total. The summed E-state index contributed by atoms with van der Waals surface area (Å²) in [6.45, 7) is 0. The number of fused-ring (bicyclic) bond motifs is 1. The van der Waals surface area contributed by atoms with Crippen molar-refractivity contribution in [1.82, 2.24) is 9.97 Å². The molecular weight excluding hydrogens is 248 g/mol. The summed E-state index contributed by atoms with van der Waals surface area (Å²) in [4.78, 5) is 8.60. The number of ether oxygens (including phenoxy) is 1. The van der Waals surface area contributed by atoms with Crippen LogP contribution < -0.4 is 4.74 Å². The van der Waals surface area contributed by atoms with Gasteiger partial charge in [-0.05, 0) is 24.3 Å². The molecule has 0 saturated carbocycles. The summed E-state index contributed by atoms with van der Waals surface area (Å²) < 4.78 is 5.61. The van der Waals surface area contributed by atoms with Crippen molar-refractivity contribution in [2.24, 2.45) is 0 Å². The van der Waals surface area contributed by atoms with Gasteiger partial charge in [0.25, 0.3) is 5.88 Å². The van der Waals surface area contributed by atoms with Crippen LogP contribution in [0.2, 0.25) is 5.15 Å². The molecule has 0 amide bonds. The largest absolute Gasteiger partial charge is 0.436 e. The molecule has 0 spiro atoms. The van der Waals surface area contributed by atoms with Crippen molar-refractivity contribution in [3.8, 4) is 11.6 Å². The molecule has 88 valence electrons. The van der Waals surface area contributed by atoms with Crippen molar-refractivity contribution in [1.29, 1.82) is 0 Å². The first-order chi connectivity index (χ1) is 8.83. The van der Waals surface area contributed by atoms with Crippen molar-refractivity contribution in [2.75, 3.05) is 0 Å². The van der Waals surface area contributed by atoms with Crippen LogP contribution in [0, 0.1) is 0 Å². The first-order valence-corrected chi connectivity index (χ1v) is 5.86. The number of hydrogen-bond acceptors (Lipinski definition) is 3. The molecule has 4 heteroatoms. The summed E-state index contributed by atoms with van der Waals surface area (Å²) in [5.41, 5.74) is 1.51. The molecule has 0 saturated heterocycles. The highest BCUT2D eigenvalue weighted by atomic mass is 35.5. The lowest BCUT2D eigenvalue weighted by atomic mass is 10.3. The normalized spacial score (nSPS) is 10.5. The predicted molar refractivity (Wildman–Crippen MR) is 71.1 cm³/mol. The van der Waals surface area contributed by atoms with Crippen LogP contribution >= 0.6 is 11.6 Å². The summed E-state index contributed by atoms with van der Waals surface area (Å²) in [5, 5.41) is 0.262. The minimum absolute atomic E-state index is 0.262. The van der Waals surface area contributed by atoms with Crippen LogP contribution in [-0.4, -0.2) is 9.97 Å². The highest BCUT2D eigenvalue weighted by Crippen LogP contribution is 2.27. The molecule has 1 aromatic heterocycles. The molecule has 0 aliphatic heterocycles. The van der Waals surface area contributed by atoms with Gasteiger partial charge in [-0.25, -0.2) is 9.97 Å². The van der Waals surface area contributed by atoms with E-state index in [0.717, 1.165) is 11.0 Å². The maximum atomic E-state index is 6.05. The standard InChI is InChI=1S/C14H9ClN2O/c15-13-14(18-10-6-2-1-3-7-10)17-12-9-5-4-8-11(12)16-13/h1-9H. The van der Waals surface area contributed by atoms with Crippen molar-refractivity contribution in [3.05, 3.63) is 59.8 Å². The first kappa shape index (κ1) is 11.0. The zero-order valence-corrected chi connectivity index (χ0v) is 10.1. The van der Waals surface area contributed by atoms with E-state index in [1.54, 1.807) is 0 Å². The monoisotopic (exact) mass is 256 g/mol. The van der Waals surface area contributed by atoms with Gasteiger partial charge in [-0.2, -0.15) is 0 Å². The van der Waals surface area contributed by atoms with Gasteiger partial charge in [-0.1, -0.05) is 41.9 Å². The lowest BCUT2D eigenvalue weighted by molar-refractivity contribution is 0.463. The Balaban J connectivity index is 2.04. The van der Waals surface area contributed by atoms with Gasteiger partial charge in [0.1, 0.15) is 5.75 Å². The number of benzene rings is 2. The summed E-state index contributed by atoms with van der Waals surface area (Å²) >= 11 is 6.05. The lowest BCUT2D eigenvalue weighted by Crippen LogP contribution is -1.92. The van der Waals surface area contributed by atoms with E-state index in [1.165, 1.54) is 0 Å². The Hall–Kier alpha value is -2.13. The molecule has 1 heterocycles. The first-order valence-electron chi connectivity index (χ1n) is 5.48. The summed E-state index contributed by atoms with van der Waals surface area (Å²) in [6, 6.07) is 16.9. The summed E-state index contributed by atoms with van der Waals surface area (Å²) in [7, 11) is 0. The van der Waals surface area contributed by atoms with Crippen LogP contribution in [0.25, 0.3) is 11.0 Å². The minimum atomic E-state index is 0.262. The SMILES string of the molecule is Clc1nc2ccccc2nc1Oc1ccccc1. The van der Waals surface area contributed by atoms with Crippen LogP contribution in [-0.2, 0) is 0 Å². The van der Waals surface area contributed by atoms with Crippen molar-refractivity contribution in [3.63, 3.8) is 0 Å². The number of hydrogen-bond donors (Lipinski definition) is 0. The molecule has 3 aromatic rings. The van der Waals surface area contributed by atoms with Crippen LogP contribution in [0.4, 0.5) is 0 Å². The molecule has 18 heavy (non-hydrogen) atoms. The van der Waals surface area contributed by atoms with Crippen molar-refractivity contribution in [2.45, 2.75) is 0 Å². The molecule has 0 bridgehead atoms. The molecule has 0 aliphatic rings. The number of para-hydroxylation sites is 3. The zero-order chi connectivity index (χ0) is 12.4. The third-order valence-corrected chi connectivity index (χ3v) is 2.70. The fourth-order valence-electron chi connectivity index (χ4n) is 1.63. The Morgan fingerprint density at radius 1 is 0.778 bits per heavy atom. The quantitative estimate of drug-likeness (QED) is 0.693. The molecule has 0 fully saturated rings. The fraction of sp³-hybridized carbons (Fsp3) is 0. The highest BCUT2D eigenvalue weighted by molar-refractivity contribution is 6.31. The minimum Gasteiger partial charge on any atom is -0.436 e. The predicted octanol–water partition coefficient (Wildman–Crippen LogP) is 4.08. The van der Waals surface area contributed by atoms with Gasteiger partial charge < -0.3 is 4.74 Å². The average Bonchev–Trinajstić information content (AvgIpc) is 2.41. The Labute approximate surface area is 109 Å². The fourth-order valence-corrected chi connectivity index (χ4v) is 1.80. The van der Waals surface area contributed by atoms with Crippen molar-refractivity contribution < 1.29 is 4.74 Å². The van der Waals surface area contributed by atoms with Gasteiger partial charge in [0.2, 0.25) is 0 Å². The molecule has 0 unspecified atom stereocenters.